The molecule has 0 aliphatic carbocycles. The molecule has 1 atom stereocenters. The van der Waals surface area contributed by atoms with Gasteiger partial charge in [0.25, 0.3) is 0 Å². The maximum atomic E-state index is 13.6. The van der Waals surface area contributed by atoms with E-state index in [0.29, 0.717) is 17.1 Å². The Kier molecular flexibility index (Phi) is 4.97. The van der Waals surface area contributed by atoms with Gasteiger partial charge < -0.3 is 5.32 Å². The molecule has 0 bridgehead atoms. The SMILES string of the molecule is CC(NCc1cc(Br)ccc1F)c1cccc(Cl)c1. The first-order chi connectivity index (χ1) is 9.06. The van der Waals surface area contributed by atoms with Gasteiger partial charge in [0.05, 0.1) is 0 Å². The zero-order valence-electron chi connectivity index (χ0n) is 10.5. The lowest BCUT2D eigenvalue weighted by Gasteiger charge is -2.15. The molecule has 2 rings (SSSR count). The first-order valence-electron chi connectivity index (χ1n) is 5.99. The molecule has 4 heteroatoms. The van der Waals surface area contributed by atoms with Gasteiger partial charge >= 0.3 is 0 Å². The highest BCUT2D eigenvalue weighted by Gasteiger charge is 2.08. The van der Waals surface area contributed by atoms with Crippen LogP contribution >= 0.6 is 27.5 Å². The Hall–Kier alpha value is -0.900. The van der Waals surface area contributed by atoms with E-state index >= 15 is 0 Å². The third kappa shape index (κ3) is 4.03. The first-order valence-corrected chi connectivity index (χ1v) is 7.16. The van der Waals surface area contributed by atoms with Gasteiger partial charge in [0.1, 0.15) is 5.82 Å². The van der Waals surface area contributed by atoms with Crippen LogP contribution in [0.5, 0.6) is 0 Å². The smallest absolute Gasteiger partial charge is 0.127 e. The van der Waals surface area contributed by atoms with Crippen molar-refractivity contribution >= 4 is 27.5 Å². The predicted octanol–water partition coefficient (Wildman–Crippen LogP) is 5.09. The topological polar surface area (TPSA) is 12.0 Å². The normalized spacial score (nSPS) is 12.4. The number of benzene rings is 2. The van der Waals surface area contributed by atoms with Gasteiger partial charge in [0.2, 0.25) is 0 Å². The minimum atomic E-state index is -0.200. The number of rotatable bonds is 4. The second-order valence-electron chi connectivity index (χ2n) is 4.39. The number of halogens is 3. The highest BCUT2D eigenvalue weighted by molar-refractivity contribution is 9.10. The van der Waals surface area contributed by atoms with Crippen LogP contribution in [0.25, 0.3) is 0 Å². The van der Waals surface area contributed by atoms with Gasteiger partial charge in [0.15, 0.2) is 0 Å². The fraction of sp³-hybridized carbons (Fsp3) is 0.200. The average molecular weight is 343 g/mol. The fourth-order valence-electron chi connectivity index (χ4n) is 1.84. The number of hydrogen-bond donors (Lipinski definition) is 1. The summed E-state index contributed by atoms with van der Waals surface area (Å²) < 4.78 is 14.5. The van der Waals surface area contributed by atoms with Crippen molar-refractivity contribution in [1.29, 1.82) is 0 Å². The van der Waals surface area contributed by atoms with Gasteiger partial charge in [-0.3, -0.25) is 0 Å². The fourth-order valence-corrected chi connectivity index (χ4v) is 2.44. The van der Waals surface area contributed by atoms with Crippen LogP contribution in [0, 0.1) is 5.82 Å². The van der Waals surface area contributed by atoms with E-state index in [1.165, 1.54) is 6.07 Å². The summed E-state index contributed by atoms with van der Waals surface area (Å²) in [7, 11) is 0. The van der Waals surface area contributed by atoms with Crippen molar-refractivity contribution in [3.63, 3.8) is 0 Å². The van der Waals surface area contributed by atoms with Crippen molar-refractivity contribution in [2.75, 3.05) is 0 Å². The van der Waals surface area contributed by atoms with Crippen molar-refractivity contribution in [3.8, 4) is 0 Å². The van der Waals surface area contributed by atoms with Crippen LogP contribution in [0.4, 0.5) is 4.39 Å². The van der Waals surface area contributed by atoms with Crippen molar-refractivity contribution in [3.05, 3.63) is 68.9 Å². The molecule has 0 aromatic heterocycles. The summed E-state index contributed by atoms with van der Waals surface area (Å²) in [6.45, 7) is 2.50. The molecule has 0 amide bonds. The second kappa shape index (κ2) is 6.51. The van der Waals surface area contributed by atoms with Crippen molar-refractivity contribution in [2.24, 2.45) is 0 Å². The third-order valence-corrected chi connectivity index (χ3v) is 3.68. The lowest BCUT2D eigenvalue weighted by Crippen LogP contribution is -2.18. The number of nitrogens with one attached hydrogen (secondary N) is 1. The Morgan fingerprint density at radius 2 is 2.05 bits per heavy atom. The molecule has 0 radical (unpaired) electrons. The molecule has 0 saturated carbocycles. The van der Waals surface area contributed by atoms with E-state index < -0.39 is 0 Å². The van der Waals surface area contributed by atoms with Gasteiger partial charge in [-0.05, 0) is 42.8 Å². The molecule has 0 heterocycles. The summed E-state index contributed by atoms with van der Waals surface area (Å²) in [6, 6.07) is 12.7. The molecule has 100 valence electrons. The molecule has 0 aliphatic heterocycles. The summed E-state index contributed by atoms with van der Waals surface area (Å²) in [5.41, 5.74) is 1.73. The molecular weight excluding hydrogens is 329 g/mol. The molecule has 0 aliphatic rings. The molecule has 1 N–H and O–H groups in total. The van der Waals surface area contributed by atoms with Crippen LogP contribution in [0.1, 0.15) is 24.1 Å². The molecule has 19 heavy (non-hydrogen) atoms. The summed E-state index contributed by atoms with van der Waals surface area (Å²) in [6.07, 6.45) is 0. The Bertz CT molecular complexity index is 574. The molecule has 0 fully saturated rings. The largest absolute Gasteiger partial charge is 0.306 e. The molecule has 0 spiro atoms. The molecule has 1 unspecified atom stereocenters. The van der Waals surface area contributed by atoms with Crippen LogP contribution in [0.3, 0.4) is 0 Å². The van der Waals surface area contributed by atoms with Gasteiger partial charge in [-0.15, -0.1) is 0 Å². The van der Waals surface area contributed by atoms with Gasteiger partial charge in [0, 0.05) is 27.6 Å². The maximum Gasteiger partial charge on any atom is 0.127 e. The van der Waals surface area contributed by atoms with Crippen LogP contribution in [-0.4, -0.2) is 0 Å². The Labute approximate surface area is 125 Å². The summed E-state index contributed by atoms with van der Waals surface area (Å²) >= 11 is 9.30. The van der Waals surface area contributed by atoms with Gasteiger partial charge in [-0.2, -0.15) is 0 Å². The van der Waals surface area contributed by atoms with Crippen LogP contribution in [-0.2, 0) is 6.54 Å². The zero-order chi connectivity index (χ0) is 13.8. The van der Waals surface area contributed by atoms with E-state index in [9.17, 15) is 4.39 Å². The van der Waals surface area contributed by atoms with Gasteiger partial charge in [-0.25, -0.2) is 4.39 Å². The van der Waals surface area contributed by atoms with E-state index in [1.807, 2.05) is 31.2 Å². The van der Waals surface area contributed by atoms with E-state index in [4.69, 9.17) is 11.6 Å². The lowest BCUT2D eigenvalue weighted by atomic mass is 10.1. The van der Waals surface area contributed by atoms with E-state index in [0.717, 1.165) is 10.0 Å². The highest BCUT2D eigenvalue weighted by atomic mass is 79.9. The minimum Gasteiger partial charge on any atom is -0.306 e. The summed E-state index contributed by atoms with van der Waals surface area (Å²) in [5.74, 6) is -0.200. The van der Waals surface area contributed by atoms with E-state index in [1.54, 1.807) is 12.1 Å². The summed E-state index contributed by atoms with van der Waals surface area (Å²) in [5, 5.41) is 4.00. The Balaban J connectivity index is 2.04. The van der Waals surface area contributed by atoms with Crippen molar-refractivity contribution < 1.29 is 4.39 Å². The molecule has 1 nitrogen and oxygen atoms in total. The standard InChI is InChI=1S/C15H14BrClFN/c1-10(11-3-2-4-14(17)8-11)19-9-12-7-13(16)5-6-15(12)18/h2-8,10,19H,9H2,1H3. The maximum absolute atomic E-state index is 13.6. The summed E-state index contributed by atoms with van der Waals surface area (Å²) in [4.78, 5) is 0. The monoisotopic (exact) mass is 341 g/mol. The predicted molar refractivity (Wildman–Crippen MR) is 80.8 cm³/mol. The highest BCUT2D eigenvalue weighted by Crippen LogP contribution is 2.19. The van der Waals surface area contributed by atoms with Gasteiger partial charge in [-0.1, -0.05) is 39.7 Å². The van der Waals surface area contributed by atoms with Crippen molar-refractivity contribution in [2.45, 2.75) is 19.5 Å². The van der Waals surface area contributed by atoms with Crippen LogP contribution in [0.15, 0.2) is 46.9 Å². The lowest BCUT2D eigenvalue weighted by molar-refractivity contribution is 0.544. The second-order valence-corrected chi connectivity index (χ2v) is 5.75. The minimum absolute atomic E-state index is 0.108. The third-order valence-electron chi connectivity index (χ3n) is 2.96. The first kappa shape index (κ1) is 14.5. The number of hydrogen-bond acceptors (Lipinski definition) is 1. The van der Waals surface area contributed by atoms with Crippen LogP contribution in [0.2, 0.25) is 5.02 Å². The Morgan fingerprint density at radius 1 is 1.26 bits per heavy atom. The molecule has 2 aromatic rings. The Morgan fingerprint density at radius 3 is 2.79 bits per heavy atom. The average Bonchev–Trinajstić information content (AvgIpc) is 2.39. The zero-order valence-corrected chi connectivity index (χ0v) is 12.8. The van der Waals surface area contributed by atoms with E-state index in [2.05, 4.69) is 21.2 Å². The molecule has 0 saturated heterocycles. The quantitative estimate of drug-likeness (QED) is 0.816. The van der Waals surface area contributed by atoms with Crippen molar-refractivity contribution in [1.82, 2.24) is 5.32 Å². The molecular formula is C15H14BrClFN. The van der Waals surface area contributed by atoms with E-state index in [-0.39, 0.29) is 11.9 Å². The van der Waals surface area contributed by atoms with Crippen LogP contribution < -0.4 is 5.32 Å². The molecule has 2 aromatic carbocycles.